The summed E-state index contributed by atoms with van der Waals surface area (Å²) in [4.78, 5) is 7.77. The zero-order valence-corrected chi connectivity index (χ0v) is 14.9. The second kappa shape index (κ2) is 9.17. The lowest BCUT2D eigenvalue weighted by molar-refractivity contribution is 0.359. The minimum Gasteiger partial charge on any atom is -0.493 e. The molecule has 0 aliphatic rings. The minimum absolute atomic E-state index is 0.156. The van der Waals surface area contributed by atoms with Crippen molar-refractivity contribution in [1.29, 1.82) is 0 Å². The van der Waals surface area contributed by atoms with Crippen LogP contribution in [0, 0.1) is 18.6 Å². The monoisotopic (exact) mass is 356 g/mol. The Labute approximate surface area is 145 Å². The third-order valence-electron chi connectivity index (χ3n) is 3.00. The third-order valence-corrected chi connectivity index (χ3v) is 3.21. The Morgan fingerprint density at radius 1 is 1.08 bits per heavy atom. The van der Waals surface area contributed by atoms with E-state index in [1.807, 2.05) is 13.8 Å². The quantitative estimate of drug-likeness (QED) is 0.564. The number of benzene rings is 1. The van der Waals surface area contributed by atoms with Gasteiger partial charge < -0.3 is 9.47 Å². The van der Waals surface area contributed by atoms with Gasteiger partial charge in [-0.3, -0.25) is 0 Å². The fraction of sp³-hybridized carbons (Fsp3) is 0.294. The van der Waals surface area contributed by atoms with Crippen molar-refractivity contribution in [3.63, 3.8) is 0 Å². The smallest absolute Gasteiger partial charge is 0.193 e. The summed E-state index contributed by atoms with van der Waals surface area (Å²) in [5.74, 6) is -2.12. The van der Waals surface area contributed by atoms with Crippen LogP contribution >= 0.6 is 11.6 Å². The van der Waals surface area contributed by atoms with Crippen molar-refractivity contribution in [2.75, 3.05) is 14.2 Å². The Hall–Kier alpha value is -2.21. The molecule has 2 rings (SSSR count). The molecule has 0 unspecified atom stereocenters. The van der Waals surface area contributed by atoms with Crippen LogP contribution in [0.4, 0.5) is 14.5 Å². The molecular weight excluding hydrogens is 338 g/mol. The molecule has 0 aliphatic carbocycles. The molecule has 4 nitrogen and oxygen atoms in total. The van der Waals surface area contributed by atoms with E-state index in [1.54, 1.807) is 13.0 Å². The molecular formula is C17H19ClF2N2O2. The number of halogens is 3. The van der Waals surface area contributed by atoms with E-state index < -0.39 is 17.3 Å². The number of hydrogen-bond donors (Lipinski definition) is 0. The van der Waals surface area contributed by atoms with Crippen LogP contribution in [0.5, 0.6) is 11.5 Å². The number of ether oxygens (including phenoxy) is 2. The molecule has 0 saturated heterocycles. The molecule has 0 bridgehead atoms. The minimum atomic E-state index is -0.906. The number of methoxy groups -OCH3 is 2. The molecule has 0 fully saturated rings. The highest BCUT2D eigenvalue weighted by atomic mass is 35.5. The zero-order valence-electron chi connectivity index (χ0n) is 14.2. The molecule has 1 heterocycles. The van der Waals surface area contributed by atoms with Gasteiger partial charge in [0.2, 0.25) is 0 Å². The fourth-order valence-electron chi connectivity index (χ4n) is 1.79. The predicted molar refractivity (Wildman–Crippen MR) is 92.0 cm³/mol. The van der Waals surface area contributed by atoms with Crippen LogP contribution < -0.4 is 9.47 Å². The number of aryl methyl sites for hydroxylation is 1. The van der Waals surface area contributed by atoms with E-state index in [-0.39, 0.29) is 11.5 Å². The van der Waals surface area contributed by atoms with E-state index in [0.717, 1.165) is 11.6 Å². The zero-order chi connectivity index (χ0) is 18.3. The summed E-state index contributed by atoms with van der Waals surface area (Å²) < 4.78 is 38.0. The van der Waals surface area contributed by atoms with Crippen LogP contribution in [0.1, 0.15) is 25.0 Å². The highest BCUT2D eigenvalue weighted by Gasteiger charge is 2.19. The summed E-state index contributed by atoms with van der Waals surface area (Å²) in [6.07, 6.45) is 2.77. The van der Waals surface area contributed by atoms with Crippen LogP contribution in [0.25, 0.3) is 0 Å². The molecule has 0 aliphatic heterocycles. The number of aromatic nitrogens is 1. The molecule has 7 heteroatoms. The largest absolute Gasteiger partial charge is 0.493 e. The Morgan fingerprint density at radius 2 is 1.62 bits per heavy atom. The summed E-state index contributed by atoms with van der Waals surface area (Å²) in [5, 5.41) is 0.329. The average molecular weight is 357 g/mol. The van der Waals surface area contributed by atoms with Gasteiger partial charge >= 0.3 is 0 Å². The van der Waals surface area contributed by atoms with Crippen molar-refractivity contribution >= 4 is 23.5 Å². The molecule has 0 spiro atoms. The molecule has 0 N–H and O–H groups in total. The summed E-state index contributed by atoms with van der Waals surface area (Å²) in [6.45, 7) is 5.79. The molecule has 0 radical (unpaired) electrons. The summed E-state index contributed by atoms with van der Waals surface area (Å²) in [6, 6.07) is 2.75. The standard InChI is InChI=1S/C15H13ClF2N2O2.C2H6/c1-8-4-12(16)19-6-9(8)7-20-15-13(17)10(21-2)5-11(22-3)14(15)18;1-2/h4-7H,1-3H3;1-2H3. The third kappa shape index (κ3) is 4.41. The Morgan fingerprint density at radius 3 is 2.08 bits per heavy atom. The van der Waals surface area contributed by atoms with Gasteiger partial charge in [0, 0.05) is 24.0 Å². The second-order valence-corrected chi connectivity index (χ2v) is 4.77. The van der Waals surface area contributed by atoms with Crippen molar-refractivity contribution in [1.82, 2.24) is 4.98 Å². The van der Waals surface area contributed by atoms with Gasteiger partial charge in [-0.1, -0.05) is 25.4 Å². The molecule has 1 aromatic carbocycles. The Bertz CT molecular complexity index is 709. The maximum Gasteiger partial charge on any atom is 0.193 e. The summed E-state index contributed by atoms with van der Waals surface area (Å²) in [5.41, 5.74) is 0.870. The molecule has 0 amide bonds. The van der Waals surface area contributed by atoms with Crippen LogP contribution in [-0.4, -0.2) is 25.4 Å². The first kappa shape index (κ1) is 19.8. The predicted octanol–water partition coefficient (Wildman–Crippen LogP) is 5.12. The number of aliphatic imine (C=N–C) groups is 1. The first-order chi connectivity index (χ1) is 11.5. The summed E-state index contributed by atoms with van der Waals surface area (Å²) >= 11 is 5.76. The highest BCUT2D eigenvalue weighted by Crippen LogP contribution is 2.36. The van der Waals surface area contributed by atoms with Gasteiger partial charge in [-0.25, -0.2) is 18.8 Å². The van der Waals surface area contributed by atoms with E-state index in [1.165, 1.54) is 26.6 Å². The van der Waals surface area contributed by atoms with Crippen molar-refractivity contribution in [3.8, 4) is 11.5 Å². The number of nitrogens with zero attached hydrogens (tertiary/aromatic N) is 2. The van der Waals surface area contributed by atoms with E-state index in [9.17, 15) is 8.78 Å². The lowest BCUT2D eigenvalue weighted by atomic mass is 10.2. The molecule has 130 valence electrons. The lowest BCUT2D eigenvalue weighted by Gasteiger charge is -2.09. The molecule has 1 aromatic heterocycles. The van der Waals surface area contributed by atoms with Gasteiger partial charge in [0.25, 0.3) is 0 Å². The Kier molecular flexibility index (Phi) is 7.58. The average Bonchev–Trinajstić information content (AvgIpc) is 2.58. The first-order valence-electron chi connectivity index (χ1n) is 7.24. The van der Waals surface area contributed by atoms with Crippen molar-refractivity contribution in [2.45, 2.75) is 20.8 Å². The van der Waals surface area contributed by atoms with Crippen molar-refractivity contribution in [2.24, 2.45) is 4.99 Å². The highest BCUT2D eigenvalue weighted by molar-refractivity contribution is 6.29. The van der Waals surface area contributed by atoms with E-state index in [4.69, 9.17) is 21.1 Å². The Balaban J connectivity index is 0.00000139. The van der Waals surface area contributed by atoms with Gasteiger partial charge in [0.05, 0.1) is 14.2 Å². The van der Waals surface area contributed by atoms with E-state index >= 15 is 0 Å². The van der Waals surface area contributed by atoms with Crippen molar-refractivity contribution in [3.05, 3.63) is 46.2 Å². The summed E-state index contributed by atoms with van der Waals surface area (Å²) in [7, 11) is 2.55. The van der Waals surface area contributed by atoms with Gasteiger partial charge in [0.1, 0.15) is 10.8 Å². The van der Waals surface area contributed by atoms with Gasteiger partial charge in [-0.05, 0) is 18.6 Å². The van der Waals surface area contributed by atoms with Crippen LogP contribution in [0.2, 0.25) is 5.15 Å². The number of pyridine rings is 1. The topological polar surface area (TPSA) is 43.7 Å². The SMILES string of the molecule is CC.COc1cc(OC)c(F)c(N=Cc2cnc(Cl)cc2C)c1F. The fourth-order valence-corrected chi connectivity index (χ4v) is 2.00. The molecule has 2 aromatic rings. The van der Waals surface area contributed by atoms with Crippen LogP contribution in [0.3, 0.4) is 0 Å². The molecule has 0 saturated carbocycles. The maximum absolute atomic E-state index is 14.1. The molecule has 24 heavy (non-hydrogen) atoms. The van der Waals surface area contributed by atoms with Crippen LogP contribution in [-0.2, 0) is 0 Å². The van der Waals surface area contributed by atoms with Gasteiger partial charge in [-0.2, -0.15) is 0 Å². The first-order valence-corrected chi connectivity index (χ1v) is 7.62. The molecule has 0 atom stereocenters. The van der Waals surface area contributed by atoms with E-state index in [0.29, 0.717) is 10.7 Å². The number of hydrogen-bond acceptors (Lipinski definition) is 4. The van der Waals surface area contributed by atoms with Crippen molar-refractivity contribution < 1.29 is 18.3 Å². The lowest BCUT2D eigenvalue weighted by Crippen LogP contribution is -1.96. The second-order valence-electron chi connectivity index (χ2n) is 4.38. The normalized spacial score (nSPS) is 10.3. The number of rotatable bonds is 4. The van der Waals surface area contributed by atoms with Gasteiger partial charge in [-0.15, -0.1) is 0 Å². The van der Waals surface area contributed by atoms with Crippen LogP contribution in [0.15, 0.2) is 23.3 Å². The van der Waals surface area contributed by atoms with E-state index in [2.05, 4.69) is 9.98 Å². The maximum atomic E-state index is 14.1. The van der Waals surface area contributed by atoms with Gasteiger partial charge in [0.15, 0.2) is 23.1 Å².